The Balaban J connectivity index is 2.74. The predicted octanol–water partition coefficient (Wildman–Crippen LogP) is 2.38. The number of rotatable bonds is 1. The number of aliphatic hydroxyl groups excluding tert-OH is 1. The molecule has 1 aliphatic carbocycles. The van der Waals surface area contributed by atoms with Crippen LogP contribution in [0.3, 0.4) is 0 Å². The van der Waals surface area contributed by atoms with E-state index in [1.54, 1.807) is 38.1 Å². The summed E-state index contributed by atoms with van der Waals surface area (Å²) in [5, 5.41) is 9.99. The summed E-state index contributed by atoms with van der Waals surface area (Å²) in [6, 6.07) is 6.62. The van der Waals surface area contributed by atoms with Gasteiger partial charge in [0.05, 0.1) is 0 Å². The molecular formula is C13H12O3. The fourth-order valence-corrected chi connectivity index (χ4v) is 1.92. The Morgan fingerprint density at radius 1 is 1.00 bits per heavy atom. The van der Waals surface area contributed by atoms with Crippen LogP contribution >= 0.6 is 0 Å². The number of hydrogen-bond donors (Lipinski definition) is 1. The maximum absolute atomic E-state index is 11.8. The second-order valence-electron chi connectivity index (χ2n) is 4.12. The number of ketones is 2. The number of Topliss-reactive ketones (excluding diaryl/α,β-unsaturated/α-hetero) is 2. The number of carbonyl (C=O) groups excluding carboxylic acids is 2. The topological polar surface area (TPSA) is 54.4 Å². The number of allylic oxidation sites excluding steroid dienone is 1. The fourth-order valence-electron chi connectivity index (χ4n) is 1.92. The molecule has 1 aromatic rings. The van der Waals surface area contributed by atoms with Crippen LogP contribution in [0.1, 0.15) is 29.8 Å². The van der Waals surface area contributed by atoms with Gasteiger partial charge in [-0.3, -0.25) is 9.59 Å². The summed E-state index contributed by atoms with van der Waals surface area (Å²) in [5.74, 6) is -1.34. The molecule has 0 radical (unpaired) electrons. The minimum Gasteiger partial charge on any atom is -0.507 e. The Kier molecular flexibility index (Phi) is 2.38. The van der Waals surface area contributed by atoms with Gasteiger partial charge in [-0.25, -0.2) is 0 Å². The lowest BCUT2D eigenvalue weighted by Gasteiger charge is -2.19. The van der Waals surface area contributed by atoms with E-state index in [1.165, 1.54) is 0 Å². The van der Waals surface area contributed by atoms with Gasteiger partial charge >= 0.3 is 0 Å². The van der Waals surface area contributed by atoms with Crippen LogP contribution in [0.5, 0.6) is 0 Å². The maximum Gasteiger partial charge on any atom is 0.234 e. The van der Waals surface area contributed by atoms with Gasteiger partial charge in [-0.05, 0) is 5.92 Å². The average molecular weight is 216 g/mol. The third-order valence-electron chi connectivity index (χ3n) is 2.71. The summed E-state index contributed by atoms with van der Waals surface area (Å²) < 4.78 is 0. The van der Waals surface area contributed by atoms with Gasteiger partial charge in [-0.2, -0.15) is 0 Å². The molecule has 16 heavy (non-hydrogen) atoms. The first-order valence-corrected chi connectivity index (χ1v) is 5.15. The molecule has 0 unspecified atom stereocenters. The fraction of sp³-hybridized carbons (Fsp3) is 0.231. The standard InChI is InChI=1S/C13H12O3/c1-7(2)10-11(14)8-5-3-4-6-9(8)12(15)13(10)16/h3-7,14H,1-2H3. The van der Waals surface area contributed by atoms with Crippen LogP contribution in [-0.2, 0) is 4.79 Å². The summed E-state index contributed by atoms with van der Waals surface area (Å²) in [4.78, 5) is 23.6. The lowest BCUT2D eigenvalue weighted by molar-refractivity contribution is -0.112. The highest BCUT2D eigenvalue weighted by Crippen LogP contribution is 2.30. The number of hydrogen-bond acceptors (Lipinski definition) is 3. The van der Waals surface area contributed by atoms with Crippen molar-refractivity contribution in [1.82, 2.24) is 0 Å². The number of fused-ring (bicyclic) bond motifs is 1. The van der Waals surface area contributed by atoms with Gasteiger partial charge in [0.1, 0.15) is 5.76 Å². The molecule has 0 saturated carbocycles. The minimum atomic E-state index is -0.591. The molecule has 0 spiro atoms. The van der Waals surface area contributed by atoms with Crippen molar-refractivity contribution in [3.63, 3.8) is 0 Å². The van der Waals surface area contributed by atoms with Gasteiger partial charge in [0.2, 0.25) is 11.6 Å². The Morgan fingerprint density at radius 3 is 2.12 bits per heavy atom. The summed E-state index contributed by atoms with van der Waals surface area (Å²) in [5.41, 5.74) is 0.953. The van der Waals surface area contributed by atoms with E-state index in [4.69, 9.17) is 0 Å². The highest BCUT2D eigenvalue weighted by Gasteiger charge is 2.33. The van der Waals surface area contributed by atoms with Crippen LogP contribution in [0.25, 0.3) is 5.76 Å². The molecule has 0 atom stereocenters. The van der Waals surface area contributed by atoms with Gasteiger partial charge in [0.25, 0.3) is 0 Å². The van der Waals surface area contributed by atoms with Crippen LogP contribution < -0.4 is 0 Å². The highest BCUT2D eigenvalue weighted by molar-refractivity contribution is 6.52. The van der Waals surface area contributed by atoms with Crippen molar-refractivity contribution < 1.29 is 14.7 Å². The summed E-state index contributed by atoms with van der Waals surface area (Å²) in [6.45, 7) is 3.56. The molecule has 3 nitrogen and oxygen atoms in total. The lowest BCUT2D eigenvalue weighted by atomic mass is 9.84. The van der Waals surface area contributed by atoms with E-state index in [2.05, 4.69) is 0 Å². The third-order valence-corrected chi connectivity index (χ3v) is 2.71. The number of carbonyl (C=O) groups is 2. The van der Waals surface area contributed by atoms with E-state index < -0.39 is 11.6 Å². The van der Waals surface area contributed by atoms with Crippen molar-refractivity contribution in [3.8, 4) is 0 Å². The van der Waals surface area contributed by atoms with E-state index >= 15 is 0 Å². The van der Waals surface area contributed by atoms with E-state index in [0.717, 1.165) is 0 Å². The molecule has 82 valence electrons. The first-order chi connectivity index (χ1) is 7.54. The van der Waals surface area contributed by atoms with E-state index in [9.17, 15) is 14.7 Å². The zero-order chi connectivity index (χ0) is 11.9. The molecule has 0 bridgehead atoms. The van der Waals surface area contributed by atoms with E-state index in [0.29, 0.717) is 5.56 Å². The Morgan fingerprint density at radius 2 is 1.56 bits per heavy atom. The Bertz CT molecular complexity index is 510. The van der Waals surface area contributed by atoms with Gasteiger partial charge in [-0.15, -0.1) is 0 Å². The second kappa shape index (κ2) is 3.59. The SMILES string of the molecule is CC(C)C1=C(O)c2ccccc2C(=O)C1=O. The van der Waals surface area contributed by atoms with Crippen molar-refractivity contribution >= 4 is 17.3 Å². The van der Waals surface area contributed by atoms with Crippen LogP contribution in [0.2, 0.25) is 0 Å². The molecule has 0 saturated heterocycles. The molecule has 0 aromatic heterocycles. The first kappa shape index (κ1) is 10.6. The largest absolute Gasteiger partial charge is 0.507 e. The molecule has 1 aromatic carbocycles. The summed E-state index contributed by atoms with van der Waals surface area (Å²) >= 11 is 0. The zero-order valence-corrected chi connectivity index (χ0v) is 9.15. The van der Waals surface area contributed by atoms with Crippen molar-refractivity contribution in [1.29, 1.82) is 0 Å². The Labute approximate surface area is 93.4 Å². The zero-order valence-electron chi connectivity index (χ0n) is 9.15. The van der Waals surface area contributed by atoms with Crippen molar-refractivity contribution in [2.24, 2.45) is 5.92 Å². The predicted molar refractivity (Wildman–Crippen MR) is 60.2 cm³/mol. The van der Waals surface area contributed by atoms with Crippen LogP contribution in [-0.4, -0.2) is 16.7 Å². The number of benzene rings is 1. The minimum absolute atomic E-state index is 0.0600. The van der Waals surface area contributed by atoms with Gasteiger partial charge in [-0.1, -0.05) is 38.1 Å². The average Bonchev–Trinajstić information content (AvgIpc) is 2.26. The smallest absolute Gasteiger partial charge is 0.234 e. The van der Waals surface area contributed by atoms with E-state index in [-0.39, 0.29) is 22.8 Å². The normalized spacial score (nSPS) is 15.7. The van der Waals surface area contributed by atoms with Crippen molar-refractivity contribution in [2.45, 2.75) is 13.8 Å². The van der Waals surface area contributed by atoms with Gasteiger partial charge < -0.3 is 5.11 Å². The molecule has 0 amide bonds. The molecule has 2 rings (SSSR count). The molecule has 1 N–H and O–H groups in total. The lowest BCUT2D eigenvalue weighted by Crippen LogP contribution is -2.26. The van der Waals surface area contributed by atoms with Crippen LogP contribution in [0.15, 0.2) is 29.8 Å². The summed E-state index contributed by atoms with van der Waals surface area (Å²) in [7, 11) is 0. The molecule has 0 fully saturated rings. The van der Waals surface area contributed by atoms with Gasteiger partial charge in [0.15, 0.2) is 0 Å². The third kappa shape index (κ3) is 1.36. The summed E-state index contributed by atoms with van der Waals surface area (Å²) in [6.07, 6.45) is 0. The molecular weight excluding hydrogens is 204 g/mol. The maximum atomic E-state index is 11.8. The van der Waals surface area contributed by atoms with Crippen molar-refractivity contribution in [3.05, 3.63) is 41.0 Å². The molecule has 1 aliphatic rings. The van der Waals surface area contributed by atoms with Gasteiger partial charge in [0, 0.05) is 16.7 Å². The Hall–Kier alpha value is -1.90. The van der Waals surface area contributed by atoms with Crippen LogP contribution in [0.4, 0.5) is 0 Å². The molecule has 3 heteroatoms. The monoisotopic (exact) mass is 216 g/mol. The first-order valence-electron chi connectivity index (χ1n) is 5.15. The highest BCUT2D eigenvalue weighted by atomic mass is 16.3. The van der Waals surface area contributed by atoms with E-state index in [1.807, 2.05) is 0 Å². The van der Waals surface area contributed by atoms with Crippen LogP contribution in [0, 0.1) is 5.92 Å². The van der Waals surface area contributed by atoms with Crippen molar-refractivity contribution in [2.75, 3.05) is 0 Å². The number of aliphatic hydroxyl groups is 1. The molecule has 0 aliphatic heterocycles. The quantitative estimate of drug-likeness (QED) is 0.733. The second-order valence-corrected chi connectivity index (χ2v) is 4.12. The molecule has 0 heterocycles.